The molecule has 2 aromatic rings. The molecule has 2 rings (SSSR count). The topological polar surface area (TPSA) is 81.2 Å². The van der Waals surface area contributed by atoms with E-state index in [0.29, 0.717) is 33.9 Å². The molecule has 0 radical (unpaired) electrons. The lowest BCUT2D eigenvalue weighted by Crippen LogP contribution is -2.12. The first-order chi connectivity index (χ1) is 12.0. The van der Waals surface area contributed by atoms with Crippen LogP contribution in [0.1, 0.15) is 24.5 Å². The minimum absolute atomic E-state index is 0.144. The summed E-state index contributed by atoms with van der Waals surface area (Å²) in [6, 6.07) is 5.77. The highest BCUT2D eigenvalue weighted by Gasteiger charge is 2.11. The number of halogens is 1. The molecular formula is C16H18ClN3O3S2. The lowest BCUT2D eigenvalue weighted by Gasteiger charge is -2.04. The zero-order valence-corrected chi connectivity index (χ0v) is 16.3. The van der Waals surface area contributed by atoms with Crippen LogP contribution >= 0.6 is 34.7 Å². The molecule has 0 aliphatic carbocycles. The highest BCUT2D eigenvalue weighted by molar-refractivity contribution is 8.01. The molecule has 0 aliphatic heterocycles. The molecule has 0 spiro atoms. The van der Waals surface area contributed by atoms with E-state index in [9.17, 15) is 9.59 Å². The average molecular weight is 400 g/mol. The van der Waals surface area contributed by atoms with E-state index in [0.717, 1.165) is 11.1 Å². The molecule has 9 heteroatoms. The van der Waals surface area contributed by atoms with Gasteiger partial charge in [0.1, 0.15) is 0 Å². The Labute approximate surface area is 159 Å². The summed E-state index contributed by atoms with van der Waals surface area (Å²) in [5.74, 6) is -0.273. The molecule has 1 aromatic heterocycles. The van der Waals surface area contributed by atoms with Crippen molar-refractivity contribution in [2.24, 2.45) is 0 Å². The number of rotatable bonds is 8. The second-order valence-electron chi connectivity index (χ2n) is 5.10. The number of aromatic nitrogens is 2. The Hall–Kier alpha value is -1.64. The summed E-state index contributed by atoms with van der Waals surface area (Å²) in [7, 11) is 0. The minimum Gasteiger partial charge on any atom is -0.465 e. The number of amides is 1. The van der Waals surface area contributed by atoms with Crippen LogP contribution in [0.3, 0.4) is 0 Å². The van der Waals surface area contributed by atoms with Gasteiger partial charge in [0.15, 0.2) is 4.34 Å². The van der Waals surface area contributed by atoms with Crippen molar-refractivity contribution in [3.8, 4) is 0 Å². The van der Waals surface area contributed by atoms with E-state index in [2.05, 4.69) is 15.5 Å². The monoisotopic (exact) mass is 399 g/mol. The van der Waals surface area contributed by atoms with E-state index < -0.39 is 0 Å². The van der Waals surface area contributed by atoms with E-state index in [4.69, 9.17) is 16.3 Å². The lowest BCUT2D eigenvalue weighted by atomic mass is 10.1. The van der Waals surface area contributed by atoms with Gasteiger partial charge >= 0.3 is 5.97 Å². The van der Waals surface area contributed by atoms with Crippen LogP contribution in [-0.2, 0) is 20.7 Å². The van der Waals surface area contributed by atoms with E-state index in [1.54, 1.807) is 6.92 Å². The van der Waals surface area contributed by atoms with E-state index >= 15 is 0 Å². The van der Waals surface area contributed by atoms with Gasteiger partial charge in [0.25, 0.3) is 0 Å². The maximum Gasteiger partial charge on any atom is 0.316 e. The Morgan fingerprint density at radius 2 is 2.16 bits per heavy atom. The molecule has 0 saturated heterocycles. The zero-order valence-electron chi connectivity index (χ0n) is 13.9. The summed E-state index contributed by atoms with van der Waals surface area (Å²) in [4.78, 5) is 23.3. The average Bonchev–Trinajstić information content (AvgIpc) is 3.02. The number of aryl methyl sites for hydroxylation is 2. The van der Waals surface area contributed by atoms with Gasteiger partial charge in [0.2, 0.25) is 11.0 Å². The zero-order chi connectivity index (χ0) is 18.2. The fourth-order valence-electron chi connectivity index (χ4n) is 1.87. The van der Waals surface area contributed by atoms with Crippen LogP contribution in [0.25, 0.3) is 0 Å². The Bertz CT molecular complexity index is 752. The van der Waals surface area contributed by atoms with Gasteiger partial charge in [0, 0.05) is 11.4 Å². The Morgan fingerprint density at radius 3 is 2.88 bits per heavy atom. The molecule has 0 unspecified atom stereocenters. The van der Waals surface area contributed by atoms with Crippen molar-refractivity contribution in [2.75, 3.05) is 17.7 Å². The summed E-state index contributed by atoms with van der Waals surface area (Å²) >= 11 is 8.54. The van der Waals surface area contributed by atoms with Crippen LogP contribution < -0.4 is 5.32 Å². The second-order valence-corrected chi connectivity index (χ2v) is 7.71. The molecule has 1 amide bonds. The minimum atomic E-state index is -0.301. The smallest absolute Gasteiger partial charge is 0.316 e. The number of nitrogens with zero attached hydrogens (tertiary/aromatic N) is 2. The van der Waals surface area contributed by atoms with Crippen molar-refractivity contribution in [3.63, 3.8) is 0 Å². The number of anilines is 1. The highest BCUT2D eigenvalue weighted by atomic mass is 35.5. The predicted octanol–water partition coefficient (Wildman–Crippen LogP) is 3.73. The maximum absolute atomic E-state index is 12.0. The summed E-state index contributed by atoms with van der Waals surface area (Å²) in [5.41, 5.74) is 2.02. The van der Waals surface area contributed by atoms with Gasteiger partial charge in [-0.2, -0.15) is 0 Å². The third-order valence-corrected chi connectivity index (χ3v) is 5.50. The number of benzene rings is 1. The Morgan fingerprint density at radius 1 is 1.36 bits per heavy atom. The van der Waals surface area contributed by atoms with Crippen molar-refractivity contribution >= 4 is 51.7 Å². The van der Waals surface area contributed by atoms with Gasteiger partial charge in [0.05, 0.1) is 12.4 Å². The fourth-order valence-corrected chi connectivity index (χ4v) is 3.64. The van der Waals surface area contributed by atoms with Crippen molar-refractivity contribution in [1.29, 1.82) is 0 Å². The maximum atomic E-state index is 12.0. The molecule has 0 fully saturated rings. The van der Waals surface area contributed by atoms with Gasteiger partial charge in [-0.25, -0.2) is 0 Å². The van der Waals surface area contributed by atoms with Gasteiger partial charge in [-0.15, -0.1) is 10.2 Å². The first-order valence-electron chi connectivity index (χ1n) is 7.64. The van der Waals surface area contributed by atoms with Crippen LogP contribution in [-0.4, -0.2) is 34.4 Å². The molecule has 1 aromatic carbocycles. The number of hydrogen-bond donors (Lipinski definition) is 1. The van der Waals surface area contributed by atoms with E-state index in [1.165, 1.54) is 23.1 Å². The molecule has 0 aliphatic rings. The number of ether oxygens (including phenoxy) is 1. The Kier molecular flexibility index (Phi) is 7.67. The summed E-state index contributed by atoms with van der Waals surface area (Å²) in [6.07, 6.45) is 0.916. The van der Waals surface area contributed by atoms with Gasteiger partial charge < -0.3 is 10.1 Å². The second kappa shape index (κ2) is 9.74. The third-order valence-electron chi connectivity index (χ3n) is 3.15. The van der Waals surface area contributed by atoms with Crippen molar-refractivity contribution in [1.82, 2.24) is 10.2 Å². The number of hydrogen-bond acceptors (Lipinski definition) is 7. The lowest BCUT2D eigenvalue weighted by molar-refractivity contribution is -0.139. The van der Waals surface area contributed by atoms with Crippen molar-refractivity contribution in [2.45, 2.75) is 31.0 Å². The molecule has 0 atom stereocenters. The van der Waals surface area contributed by atoms with Gasteiger partial charge in [-0.3, -0.25) is 9.59 Å². The number of esters is 1. The fraction of sp³-hybridized carbons (Fsp3) is 0.375. The molecular weight excluding hydrogens is 382 g/mol. The SMILES string of the molecule is CCOC(=O)CSc1nnc(NC(=O)CCc2ccc(C)c(Cl)c2)s1. The van der Waals surface area contributed by atoms with Crippen molar-refractivity contribution < 1.29 is 14.3 Å². The largest absolute Gasteiger partial charge is 0.465 e. The summed E-state index contributed by atoms with van der Waals surface area (Å²) in [6.45, 7) is 4.04. The molecule has 0 saturated carbocycles. The highest BCUT2D eigenvalue weighted by Crippen LogP contribution is 2.25. The molecule has 1 heterocycles. The number of carbonyl (C=O) groups excluding carboxylic acids is 2. The number of thioether (sulfide) groups is 1. The molecule has 0 bridgehead atoms. The van der Waals surface area contributed by atoms with Crippen molar-refractivity contribution in [3.05, 3.63) is 34.3 Å². The Balaban J connectivity index is 1.78. The summed E-state index contributed by atoms with van der Waals surface area (Å²) < 4.78 is 5.45. The van der Waals surface area contributed by atoms with Crippen LogP contribution in [0, 0.1) is 6.92 Å². The van der Waals surface area contributed by atoms with Crippen LogP contribution in [0.5, 0.6) is 0 Å². The van der Waals surface area contributed by atoms with Gasteiger partial charge in [-0.1, -0.05) is 46.8 Å². The normalized spacial score (nSPS) is 10.5. The standard InChI is InChI=1S/C16H18ClN3O3S2/c1-3-23-14(22)9-24-16-20-19-15(25-16)18-13(21)7-6-11-5-4-10(2)12(17)8-11/h4-5,8H,3,6-7,9H2,1-2H3,(H,18,19,21). The third kappa shape index (κ3) is 6.64. The predicted molar refractivity (Wildman–Crippen MR) is 100 cm³/mol. The summed E-state index contributed by atoms with van der Waals surface area (Å²) in [5, 5.41) is 11.7. The number of nitrogens with one attached hydrogen (secondary N) is 1. The van der Waals surface area contributed by atoms with Crippen LogP contribution in [0.4, 0.5) is 5.13 Å². The van der Waals surface area contributed by atoms with E-state index in [-0.39, 0.29) is 17.6 Å². The number of carbonyl (C=O) groups is 2. The van der Waals surface area contributed by atoms with Crippen LogP contribution in [0.15, 0.2) is 22.5 Å². The van der Waals surface area contributed by atoms with Crippen LogP contribution in [0.2, 0.25) is 5.02 Å². The molecule has 25 heavy (non-hydrogen) atoms. The first kappa shape index (κ1) is 19.7. The quantitative estimate of drug-likeness (QED) is 0.414. The van der Waals surface area contributed by atoms with Gasteiger partial charge in [-0.05, 0) is 37.5 Å². The van der Waals surface area contributed by atoms with E-state index in [1.807, 2.05) is 25.1 Å². The molecule has 1 N–H and O–H groups in total. The molecule has 6 nitrogen and oxygen atoms in total. The molecule has 134 valence electrons. The first-order valence-corrected chi connectivity index (χ1v) is 9.82.